The Kier molecular flexibility index (Phi) is 14.5. The molecule has 6 unspecified atom stereocenters. The van der Waals surface area contributed by atoms with Crippen LogP contribution in [0, 0.1) is 17.8 Å². The fourth-order valence-electron chi connectivity index (χ4n) is 3.51. The highest BCUT2D eigenvalue weighted by Gasteiger charge is 2.32. The summed E-state index contributed by atoms with van der Waals surface area (Å²) in [5.41, 5.74) is 5.26. The van der Waals surface area contributed by atoms with Crippen LogP contribution in [-0.4, -0.2) is 83.7 Å². The lowest BCUT2D eigenvalue weighted by Crippen LogP contribution is -2.58. The first-order chi connectivity index (χ1) is 17.0. The average molecular weight is 525 g/mol. The van der Waals surface area contributed by atoms with Gasteiger partial charge in [-0.3, -0.25) is 28.8 Å². The highest BCUT2D eigenvalue weighted by atomic mass is 16.4. The Balaban J connectivity index is 5.61. The predicted molar refractivity (Wildman–Crippen MR) is 135 cm³/mol. The highest BCUT2D eigenvalue weighted by Crippen LogP contribution is 2.16. The van der Waals surface area contributed by atoms with E-state index in [1.54, 1.807) is 13.8 Å². The lowest BCUT2D eigenvalue weighted by Gasteiger charge is -2.30. The molecule has 0 saturated heterocycles. The number of aliphatic carboxylic acids is 1. The van der Waals surface area contributed by atoms with E-state index in [-0.39, 0.29) is 12.3 Å². The van der Waals surface area contributed by atoms with Gasteiger partial charge in [-0.05, 0) is 31.6 Å². The van der Waals surface area contributed by atoms with Crippen LogP contribution in [0.2, 0.25) is 0 Å². The first kappa shape index (κ1) is 33.8. The second kappa shape index (κ2) is 15.8. The molecule has 6 atom stereocenters. The Hall–Kier alpha value is -3.16. The van der Waals surface area contributed by atoms with Crippen molar-refractivity contribution in [1.82, 2.24) is 21.3 Å². The summed E-state index contributed by atoms with van der Waals surface area (Å²) in [6, 6.07) is -4.46. The van der Waals surface area contributed by atoms with E-state index >= 15 is 0 Å². The number of hydrogen-bond donors (Lipinski definition) is 7. The van der Waals surface area contributed by atoms with Crippen LogP contribution < -0.4 is 27.0 Å². The minimum absolute atomic E-state index is 0.00499. The van der Waals surface area contributed by atoms with Crippen LogP contribution in [0.5, 0.6) is 0 Å². The molecular weight excluding hydrogens is 485 g/mol. The zero-order chi connectivity index (χ0) is 29.0. The number of primary amides is 1. The zero-order valence-corrected chi connectivity index (χ0v) is 22.2. The van der Waals surface area contributed by atoms with Gasteiger partial charge in [0.2, 0.25) is 31.5 Å². The first-order valence-corrected chi connectivity index (χ1v) is 12.1. The van der Waals surface area contributed by atoms with E-state index in [9.17, 15) is 33.9 Å². The first-order valence-electron chi connectivity index (χ1n) is 12.1. The third kappa shape index (κ3) is 13.1. The number of aliphatic hydroxyl groups is 1. The molecule has 0 aromatic heterocycles. The lowest BCUT2D eigenvalue weighted by atomic mass is 9.92. The van der Waals surface area contributed by atoms with Crippen LogP contribution in [0.3, 0.4) is 0 Å². The molecule has 0 bridgehead atoms. The van der Waals surface area contributed by atoms with Crippen molar-refractivity contribution >= 4 is 43.3 Å². The molecule has 208 valence electrons. The second-order valence-corrected chi connectivity index (χ2v) is 9.98. The molecule has 14 heteroatoms. The number of carbonyl (C=O) groups is 6. The van der Waals surface area contributed by atoms with Gasteiger partial charge in [0.25, 0.3) is 0 Å². The Morgan fingerprint density at radius 1 is 0.811 bits per heavy atom. The molecule has 2 radical (unpaired) electrons. The van der Waals surface area contributed by atoms with Crippen LogP contribution in [0.25, 0.3) is 0 Å². The van der Waals surface area contributed by atoms with Gasteiger partial charge in [0.15, 0.2) is 5.81 Å². The molecule has 0 aromatic rings. The number of hydrogen-bond acceptors (Lipinski definition) is 7. The Labute approximate surface area is 218 Å². The van der Waals surface area contributed by atoms with E-state index in [4.69, 9.17) is 18.7 Å². The van der Waals surface area contributed by atoms with Gasteiger partial charge in [-0.2, -0.15) is 0 Å². The maximum absolute atomic E-state index is 13.1. The Bertz CT molecular complexity index is 838. The minimum Gasteiger partial charge on any atom is -0.480 e. The number of aliphatic hydroxyl groups excluding tert-OH is 1. The number of amides is 5. The highest BCUT2D eigenvalue weighted by molar-refractivity contribution is 6.57. The largest absolute Gasteiger partial charge is 0.480 e. The van der Waals surface area contributed by atoms with Crippen LogP contribution >= 0.6 is 0 Å². The molecule has 0 rings (SSSR count). The summed E-state index contributed by atoms with van der Waals surface area (Å²) < 4.78 is 0. The Morgan fingerprint density at radius 2 is 1.38 bits per heavy atom. The summed E-state index contributed by atoms with van der Waals surface area (Å²) >= 11 is 0. The van der Waals surface area contributed by atoms with E-state index in [1.807, 2.05) is 13.8 Å². The van der Waals surface area contributed by atoms with Gasteiger partial charge >= 0.3 is 5.97 Å². The summed E-state index contributed by atoms with van der Waals surface area (Å²) in [6.07, 6.45) is -1.56. The van der Waals surface area contributed by atoms with Crippen LogP contribution in [0.1, 0.15) is 60.8 Å². The van der Waals surface area contributed by atoms with Crippen molar-refractivity contribution in [3.8, 4) is 0 Å². The summed E-state index contributed by atoms with van der Waals surface area (Å²) in [6.45, 7) is 9.81. The molecule has 0 fully saturated rings. The van der Waals surface area contributed by atoms with Crippen LogP contribution in [0.4, 0.5) is 4.79 Å². The van der Waals surface area contributed by atoms with E-state index in [0.29, 0.717) is 6.42 Å². The normalized spacial score (nSPS) is 16.0. The van der Waals surface area contributed by atoms with Crippen molar-refractivity contribution in [3.63, 3.8) is 0 Å². The summed E-state index contributed by atoms with van der Waals surface area (Å²) in [5.74, 6) is -6.32. The standard InChI is InChI=1S/C23H40BN5O8/c1-10(2)7-14(16(30)8-12(5)19(32)26-13(6)22(35)36)27-20(33)15(9-17(25)31)28-21(34)18(11(3)4)29-23(24)37/h10-16,18,30H,7-9H2,1-6H3,(H2,25,31)(H,26,32)(H,27,33)(H,28,34)(H,29,37)(H,35,36). The molecule has 0 aliphatic carbocycles. The molecule has 0 aliphatic heterocycles. The molecule has 0 aliphatic rings. The number of carboxylic acids is 1. The smallest absolute Gasteiger partial charge is 0.325 e. The summed E-state index contributed by atoms with van der Waals surface area (Å²) in [7, 11) is 5.12. The van der Waals surface area contributed by atoms with E-state index in [2.05, 4.69) is 21.3 Å². The van der Waals surface area contributed by atoms with Crippen molar-refractivity contribution < 1.29 is 39.0 Å². The van der Waals surface area contributed by atoms with Gasteiger partial charge in [0.05, 0.1) is 18.6 Å². The number of nitrogens with two attached hydrogens (primary N) is 1. The van der Waals surface area contributed by atoms with Crippen molar-refractivity contribution in [3.05, 3.63) is 0 Å². The molecule has 0 spiro atoms. The fraction of sp³-hybridized carbons (Fsp3) is 0.739. The Morgan fingerprint density at radius 3 is 1.81 bits per heavy atom. The summed E-state index contributed by atoms with van der Waals surface area (Å²) in [5, 5.41) is 29.4. The van der Waals surface area contributed by atoms with Gasteiger partial charge in [-0.25, -0.2) is 0 Å². The lowest BCUT2D eigenvalue weighted by molar-refractivity contribution is -0.142. The van der Waals surface area contributed by atoms with Crippen molar-refractivity contribution in [1.29, 1.82) is 0 Å². The zero-order valence-electron chi connectivity index (χ0n) is 22.2. The van der Waals surface area contributed by atoms with Crippen LogP contribution in [0.15, 0.2) is 0 Å². The van der Waals surface area contributed by atoms with E-state index in [0.717, 1.165) is 0 Å². The molecule has 5 amide bonds. The van der Waals surface area contributed by atoms with Crippen molar-refractivity contribution in [2.24, 2.45) is 23.5 Å². The summed E-state index contributed by atoms with van der Waals surface area (Å²) in [4.78, 5) is 71.9. The van der Waals surface area contributed by atoms with Gasteiger partial charge < -0.3 is 37.2 Å². The number of carboxylic acid groups (broad SMARTS) is 1. The minimum atomic E-state index is -1.40. The van der Waals surface area contributed by atoms with Gasteiger partial charge in [0.1, 0.15) is 18.1 Å². The average Bonchev–Trinajstić information content (AvgIpc) is 2.74. The van der Waals surface area contributed by atoms with Crippen molar-refractivity contribution in [2.75, 3.05) is 0 Å². The number of carbonyl (C=O) groups excluding carboxylic acids is 5. The second-order valence-electron chi connectivity index (χ2n) is 9.98. The molecule has 0 heterocycles. The van der Waals surface area contributed by atoms with E-state index < -0.39 is 83.9 Å². The predicted octanol–water partition coefficient (Wildman–Crippen LogP) is -1.24. The third-order valence-electron chi connectivity index (χ3n) is 5.57. The molecular formula is C23H40BN5O8. The third-order valence-corrected chi connectivity index (χ3v) is 5.57. The molecule has 0 saturated carbocycles. The fourth-order valence-corrected chi connectivity index (χ4v) is 3.51. The maximum Gasteiger partial charge on any atom is 0.325 e. The maximum atomic E-state index is 13.1. The monoisotopic (exact) mass is 525 g/mol. The quantitative estimate of drug-likeness (QED) is 0.121. The topological polar surface area (TPSA) is 217 Å². The molecule has 37 heavy (non-hydrogen) atoms. The van der Waals surface area contributed by atoms with Crippen molar-refractivity contribution in [2.45, 2.75) is 91.1 Å². The van der Waals surface area contributed by atoms with E-state index in [1.165, 1.54) is 13.8 Å². The number of rotatable bonds is 16. The van der Waals surface area contributed by atoms with Gasteiger partial charge in [0, 0.05) is 5.92 Å². The molecule has 8 N–H and O–H groups in total. The number of nitrogens with one attached hydrogen (secondary N) is 4. The molecule has 13 nitrogen and oxygen atoms in total. The van der Waals surface area contributed by atoms with Gasteiger partial charge in [-0.15, -0.1) is 0 Å². The molecule has 0 aromatic carbocycles. The van der Waals surface area contributed by atoms with Crippen LogP contribution in [-0.2, 0) is 24.0 Å². The SMILES string of the molecule is [B]C(=O)NC(C(=O)NC(CC(N)=O)C(=O)NC(CC(C)C)C(O)CC(C)C(=O)NC(C)C(=O)O)C(C)C. The van der Waals surface area contributed by atoms with Gasteiger partial charge in [-0.1, -0.05) is 34.6 Å².